The van der Waals surface area contributed by atoms with Crippen LogP contribution in [0.1, 0.15) is 29.5 Å². The van der Waals surface area contributed by atoms with Crippen LogP contribution in [0.2, 0.25) is 0 Å². The van der Waals surface area contributed by atoms with Gasteiger partial charge in [-0.25, -0.2) is 0 Å². The lowest BCUT2D eigenvalue weighted by atomic mass is 10.0. The van der Waals surface area contributed by atoms with E-state index in [-0.39, 0.29) is 17.6 Å². The fourth-order valence-electron chi connectivity index (χ4n) is 2.60. The van der Waals surface area contributed by atoms with Crippen molar-refractivity contribution in [3.63, 3.8) is 0 Å². The first-order valence-corrected chi connectivity index (χ1v) is 7.72. The Bertz CT molecular complexity index is 653. The lowest BCUT2D eigenvalue weighted by Crippen LogP contribution is -2.32. The molecule has 1 heterocycles. The molecule has 0 unspecified atom stereocenters. The number of ether oxygens (including phenoxy) is 2. The Kier molecular flexibility index (Phi) is 5.78. The molecule has 1 fully saturated rings. The van der Waals surface area contributed by atoms with Crippen LogP contribution in [0.5, 0.6) is 5.75 Å². The van der Waals surface area contributed by atoms with Crippen molar-refractivity contribution in [2.45, 2.75) is 32.8 Å². The summed E-state index contributed by atoms with van der Waals surface area (Å²) >= 11 is 0. The molecule has 0 aromatic heterocycles. The molecule has 1 aromatic carbocycles. The summed E-state index contributed by atoms with van der Waals surface area (Å²) in [4.78, 5) is 12.2. The number of hydrogen-bond donors (Lipinski definition) is 1. The van der Waals surface area contributed by atoms with E-state index in [1.54, 1.807) is 13.2 Å². The van der Waals surface area contributed by atoms with E-state index in [9.17, 15) is 10.1 Å². The molecule has 122 valence electrons. The van der Waals surface area contributed by atoms with Gasteiger partial charge in [0.25, 0.3) is 5.91 Å². The number of hydrogen-bond acceptors (Lipinski definition) is 4. The van der Waals surface area contributed by atoms with E-state index in [0.717, 1.165) is 41.9 Å². The zero-order valence-electron chi connectivity index (χ0n) is 13.8. The highest BCUT2D eigenvalue weighted by molar-refractivity contribution is 6.01. The van der Waals surface area contributed by atoms with Gasteiger partial charge in [0.15, 0.2) is 0 Å². The van der Waals surface area contributed by atoms with Gasteiger partial charge in [-0.15, -0.1) is 0 Å². The van der Waals surface area contributed by atoms with Crippen LogP contribution in [0.15, 0.2) is 17.7 Å². The quantitative estimate of drug-likeness (QED) is 0.669. The fourth-order valence-corrected chi connectivity index (χ4v) is 2.60. The SMILES string of the molecule is COc1cc(C)c(/C=C(\C#N)C(=O)NC[C@@H]2CCCO2)cc1C. The third kappa shape index (κ3) is 4.33. The van der Waals surface area contributed by atoms with Crippen LogP contribution in [-0.4, -0.2) is 32.3 Å². The number of aryl methyl sites for hydroxylation is 2. The van der Waals surface area contributed by atoms with Crippen LogP contribution < -0.4 is 10.1 Å². The Labute approximate surface area is 136 Å². The lowest BCUT2D eigenvalue weighted by molar-refractivity contribution is -0.117. The molecule has 2 rings (SSSR count). The van der Waals surface area contributed by atoms with Gasteiger partial charge in [-0.2, -0.15) is 5.26 Å². The standard InChI is InChI=1S/C18H22N2O3/c1-12-8-17(22-3)13(2)7-14(12)9-15(10-19)18(21)20-11-16-5-4-6-23-16/h7-9,16H,4-6,11H2,1-3H3,(H,20,21)/b15-9+/t16-/m0/s1. The number of nitrogens with zero attached hydrogens (tertiary/aromatic N) is 1. The maximum absolute atomic E-state index is 12.2. The molecule has 0 saturated carbocycles. The average molecular weight is 314 g/mol. The van der Waals surface area contributed by atoms with E-state index in [4.69, 9.17) is 9.47 Å². The van der Waals surface area contributed by atoms with Gasteiger partial charge < -0.3 is 14.8 Å². The summed E-state index contributed by atoms with van der Waals surface area (Å²) in [6.07, 6.45) is 3.64. The van der Waals surface area contributed by atoms with Crippen LogP contribution >= 0.6 is 0 Å². The van der Waals surface area contributed by atoms with E-state index in [0.29, 0.717) is 6.54 Å². The lowest BCUT2D eigenvalue weighted by Gasteiger charge is -2.11. The maximum Gasteiger partial charge on any atom is 0.262 e. The van der Waals surface area contributed by atoms with Crippen LogP contribution in [0, 0.1) is 25.2 Å². The van der Waals surface area contributed by atoms with Gasteiger partial charge in [0.1, 0.15) is 17.4 Å². The van der Waals surface area contributed by atoms with E-state index in [1.807, 2.05) is 32.0 Å². The molecule has 1 aromatic rings. The molecule has 0 radical (unpaired) electrons. The van der Waals surface area contributed by atoms with Crippen molar-refractivity contribution in [3.05, 3.63) is 34.4 Å². The molecular formula is C18H22N2O3. The Morgan fingerprint density at radius 2 is 2.26 bits per heavy atom. The van der Waals surface area contributed by atoms with Crippen LogP contribution in [0.25, 0.3) is 6.08 Å². The summed E-state index contributed by atoms with van der Waals surface area (Å²) in [5.74, 6) is 0.428. The minimum absolute atomic E-state index is 0.0591. The molecule has 5 heteroatoms. The molecular weight excluding hydrogens is 292 g/mol. The molecule has 1 aliphatic rings. The van der Waals surface area contributed by atoms with Gasteiger partial charge in [-0.3, -0.25) is 4.79 Å². The smallest absolute Gasteiger partial charge is 0.262 e. The fraction of sp³-hybridized carbons (Fsp3) is 0.444. The Morgan fingerprint density at radius 1 is 1.48 bits per heavy atom. The zero-order chi connectivity index (χ0) is 16.8. The monoisotopic (exact) mass is 314 g/mol. The van der Waals surface area contributed by atoms with Gasteiger partial charge in [0, 0.05) is 13.2 Å². The summed E-state index contributed by atoms with van der Waals surface area (Å²) < 4.78 is 10.7. The van der Waals surface area contributed by atoms with Crippen molar-refractivity contribution in [2.75, 3.05) is 20.3 Å². The molecule has 1 saturated heterocycles. The molecule has 23 heavy (non-hydrogen) atoms. The van der Waals surface area contributed by atoms with Crippen LogP contribution in [-0.2, 0) is 9.53 Å². The third-order valence-electron chi connectivity index (χ3n) is 3.96. The van der Waals surface area contributed by atoms with Crippen molar-refractivity contribution >= 4 is 12.0 Å². The van der Waals surface area contributed by atoms with Gasteiger partial charge in [0.05, 0.1) is 13.2 Å². The third-order valence-corrected chi connectivity index (χ3v) is 3.96. The predicted octanol–water partition coefficient (Wildman–Crippen LogP) is 2.51. The largest absolute Gasteiger partial charge is 0.496 e. The number of carbonyl (C=O) groups excluding carboxylic acids is 1. The summed E-state index contributed by atoms with van der Waals surface area (Å²) in [6, 6.07) is 5.80. The average Bonchev–Trinajstić information content (AvgIpc) is 3.06. The first-order valence-electron chi connectivity index (χ1n) is 7.72. The normalized spacial score (nSPS) is 17.7. The minimum Gasteiger partial charge on any atom is -0.496 e. The minimum atomic E-state index is -0.365. The zero-order valence-corrected chi connectivity index (χ0v) is 13.8. The number of amides is 1. The van der Waals surface area contributed by atoms with E-state index < -0.39 is 0 Å². The van der Waals surface area contributed by atoms with Crippen LogP contribution in [0.4, 0.5) is 0 Å². The molecule has 0 bridgehead atoms. The summed E-state index contributed by atoms with van der Waals surface area (Å²) in [5, 5.41) is 12.0. The summed E-state index contributed by atoms with van der Waals surface area (Å²) in [7, 11) is 1.62. The number of nitriles is 1. The predicted molar refractivity (Wildman–Crippen MR) is 88.0 cm³/mol. The van der Waals surface area contributed by atoms with Crippen molar-refractivity contribution < 1.29 is 14.3 Å². The molecule has 1 aliphatic heterocycles. The van der Waals surface area contributed by atoms with Gasteiger partial charge in [0.2, 0.25) is 0 Å². The molecule has 1 amide bonds. The van der Waals surface area contributed by atoms with E-state index in [1.165, 1.54) is 0 Å². The van der Waals surface area contributed by atoms with Gasteiger partial charge in [-0.1, -0.05) is 0 Å². The number of carbonyl (C=O) groups is 1. The number of methoxy groups -OCH3 is 1. The highest BCUT2D eigenvalue weighted by atomic mass is 16.5. The van der Waals surface area contributed by atoms with E-state index >= 15 is 0 Å². The molecule has 1 N–H and O–H groups in total. The molecule has 0 spiro atoms. The highest BCUT2D eigenvalue weighted by Gasteiger charge is 2.17. The number of benzene rings is 1. The molecule has 1 atom stereocenters. The van der Waals surface area contributed by atoms with Crippen molar-refractivity contribution in [1.29, 1.82) is 5.26 Å². The Balaban J connectivity index is 2.13. The number of nitrogens with one attached hydrogen (secondary N) is 1. The number of rotatable bonds is 5. The van der Waals surface area contributed by atoms with Gasteiger partial charge in [-0.05, 0) is 61.6 Å². The second kappa shape index (κ2) is 7.80. The summed E-state index contributed by atoms with van der Waals surface area (Å²) in [5.41, 5.74) is 2.84. The highest BCUT2D eigenvalue weighted by Crippen LogP contribution is 2.24. The summed E-state index contributed by atoms with van der Waals surface area (Å²) in [6.45, 7) is 5.04. The van der Waals surface area contributed by atoms with Crippen molar-refractivity contribution in [3.8, 4) is 11.8 Å². The first-order chi connectivity index (χ1) is 11.0. The topological polar surface area (TPSA) is 71.3 Å². The Morgan fingerprint density at radius 3 is 2.87 bits per heavy atom. The van der Waals surface area contributed by atoms with E-state index in [2.05, 4.69) is 5.32 Å². The van der Waals surface area contributed by atoms with Gasteiger partial charge >= 0.3 is 0 Å². The second-order valence-corrected chi connectivity index (χ2v) is 5.69. The molecule has 5 nitrogen and oxygen atoms in total. The van der Waals surface area contributed by atoms with Crippen molar-refractivity contribution in [1.82, 2.24) is 5.32 Å². The second-order valence-electron chi connectivity index (χ2n) is 5.69. The van der Waals surface area contributed by atoms with Crippen LogP contribution in [0.3, 0.4) is 0 Å². The van der Waals surface area contributed by atoms with Crippen molar-refractivity contribution in [2.24, 2.45) is 0 Å². The first kappa shape index (κ1) is 17.0. The maximum atomic E-state index is 12.2. The molecule has 0 aliphatic carbocycles. The Hall–Kier alpha value is -2.32.